The molecule has 2 N–H and O–H groups in total. The van der Waals surface area contributed by atoms with Crippen LogP contribution in [0.3, 0.4) is 0 Å². The van der Waals surface area contributed by atoms with E-state index in [1.165, 1.54) is 10.7 Å². The van der Waals surface area contributed by atoms with Gasteiger partial charge in [0.15, 0.2) is 5.65 Å². The first kappa shape index (κ1) is 9.45. The molecule has 0 amide bonds. The molecule has 2 aromatic rings. The number of carboxylic acids is 1. The lowest BCUT2D eigenvalue weighted by atomic mass is 10.2. The molecule has 2 heterocycles. The minimum atomic E-state index is -1.04. The number of fused-ring (bicyclic) bond motifs is 1. The van der Waals surface area contributed by atoms with Crippen LogP contribution in [0.15, 0.2) is 17.2 Å². The number of hydrogen-bond acceptors (Lipinski definition) is 3. The van der Waals surface area contributed by atoms with E-state index in [0.717, 1.165) is 5.56 Å². The lowest BCUT2D eigenvalue weighted by Gasteiger charge is -1.97. The molecule has 0 fully saturated rings. The molecule has 0 unspecified atom stereocenters. The van der Waals surface area contributed by atoms with Crippen LogP contribution in [0.5, 0.6) is 0 Å². The predicted octanol–water partition coefficient (Wildman–Crippen LogP) is -0.0419. The zero-order chi connectivity index (χ0) is 11.0. The van der Waals surface area contributed by atoms with Crippen LogP contribution >= 0.6 is 0 Å². The number of aliphatic carboxylic acids is 1. The lowest BCUT2D eigenvalue weighted by molar-refractivity contribution is -0.136. The SMILES string of the molecule is Cc1c[nH]n2c(=O)c(CC(=O)O)cnc12. The van der Waals surface area contributed by atoms with Gasteiger partial charge in [0.1, 0.15) is 0 Å². The van der Waals surface area contributed by atoms with Crippen LogP contribution in [0.25, 0.3) is 5.65 Å². The summed E-state index contributed by atoms with van der Waals surface area (Å²) in [5.74, 6) is -1.04. The Hall–Kier alpha value is -2.11. The summed E-state index contributed by atoms with van der Waals surface area (Å²) in [4.78, 5) is 26.2. The number of aryl methyl sites for hydroxylation is 1. The molecular formula is C9H9N3O3. The van der Waals surface area contributed by atoms with Crippen molar-refractivity contribution in [2.75, 3.05) is 0 Å². The van der Waals surface area contributed by atoms with Crippen LogP contribution in [0.1, 0.15) is 11.1 Å². The molecule has 2 rings (SSSR count). The Morgan fingerprint density at radius 3 is 3.07 bits per heavy atom. The van der Waals surface area contributed by atoms with Crippen molar-refractivity contribution in [3.63, 3.8) is 0 Å². The van der Waals surface area contributed by atoms with Crippen molar-refractivity contribution < 1.29 is 9.90 Å². The fourth-order valence-corrected chi connectivity index (χ4v) is 1.40. The third-order valence-electron chi connectivity index (χ3n) is 2.14. The van der Waals surface area contributed by atoms with Crippen molar-refractivity contribution in [1.82, 2.24) is 14.6 Å². The number of H-pyrrole nitrogens is 1. The highest BCUT2D eigenvalue weighted by atomic mass is 16.4. The number of carboxylic acid groups (broad SMARTS) is 1. The first-order chi connectivity index (χ1) is 7.09. The standard InChI is InChI=1S/C9H9N3O3/c1-5-3-11-12-8(5)10-4-6(9(12)15)2-7(13)14/h3-4,11H,2H2,1H3,(H,13,14). The highest BCUT2D eigenvalue weighted by molar-refractivity contribution is 5.70. The number of aromatic amines is 1. The van der Waals surface area contributed by atoms with Gasteiger partial charge in [-0.25, -0.2) is 9.50 Å². The average molecular weight is 207 g/mol. The molecule has 0 saturated heterocycles. The molecule has 78 valence electrons. The molecule has 15 heavy (non-hydrogen) atoms. The maximum absolute atomic E-state index is 11.7. The number of carbonyl (C=O) groups is 1. The second kappa shape index (κ2) is 3.23. The van der Waals surface area contributed by atoms with Crippen LogP contribution in [0.4, 0.5) is 0 Å². The first-order valence-corrected chi connectivity index (χ1v) is 4.36. The fourth-order valence-electron chi connectivity index (χ4n) is 1.40. The Kier molecular flexibility index (Phi) is 2.03. The van der Waals surface area contributed by atoms with Crippen LogP contribution < -0.4 is 5.56 Å². The van der Waals surface area contributed by atoms with Crippen LogP contribution in [-0.2, 0) is 11.2 Å². The second-order valence-corrected chi connectivity index (χ2v) is 3.27. The Labute approximate surface area is 84.2 Å². The lowest BCUT2D eigenvalue weighted by Crippen LogP contribution is -2.21. The van der Waals surface area contributed by atoms with E-state index in [1.807, 2.05) is 6.92 Å². The molecule has 0 aliphatic heterocycles. The van der Waals surface area contributed by atoms with Crippen molar-refractivity contribution in [2.24, 2.45) is 0 Å². The van der Waals surface area contributed by atoms with Gasteiger partial charge in [-0.3, -0.25) is 14.7 Å². The van der Waals surface area contributed by atoms with Gasteiger partial charge in [0, 0.05) is 23.5 Å². The van der Waals surface area contributed by atoms with Crippen molar-refractivity contribution in [3.05, 3.63) is 33.9 Å². The highest BCUT2D eigenvalue weighted by Crippen LogP contribution is 2.03. The van der Waals surface area contributed by atoms with Gasteiger partial charge in [-0.1, -0.05) is 0 Å². The van der Waals surface area contributed by atoms with Crippen molar-refractivity contribution in [2.45, 2.75) is 13.3 Å². The van der Waals surface area contributed by atoms with Crippen LogP contribution in [0.2, 0.25) is 0 Å². The van der Waals surface area contributed by atoms with Crippen LogP contribution in [0, 0.1) is 6.92 Å². The first-order valence-electron chi connectivity index (χ1n) is 4.36. The molecule has 6 heteroatoms. The molecule has 0 aliphatic rings. The van der Waals surface area contributed by atoms with Gasteiger partial charge in [-0.05, 0) is 6.92 Å². The summed E-state index contributed by atoms with van der Waals surface area (Å²) in [6, 6.07) is 0. The third-order valence-corrected chi connectivity index (χ3v) is 2.14. The highest BCUT2D eigenvalue weighted by Gasteiger charge is 2.10. The van der Waals surface area contributed by atoms with E-state index >= 15 is 0 Å². The monoisotopic (exact) mass is 207 g/mol. The molecule has 0 spiro atoms. The molecule has 0 saturated carbocycles. The van der Waals surface area contributed by atoms with E-state index in [1.54, 1.807) is 6.20 Å². The number of rotatable bonds is 2. The van der Waals surface area contributed by atoms with E-state index in [-0.39, 0.29) is 17.5 Å². The quantitative estimate of drug-likeness (QED) is 0.723. The van der Waals surface area contributed by atoms with E-state index in [2.05, 4.69) is 10.1 Å². The maximum atomic E-state index is 11.7. The normalized spacial score (nSPS) is 10.7. The average Bonchev–Trinajstić information content (AvgIpc) is 2.53. The summed E-state index contributed by atoms with van der Waals surface area (Å²) in [7, 11) is 0. The summed E-state index contributed by atoms with van der Waals surface area (Å²) in [5, 5.41) is 11.3. The van der Waals surface area contributed by atoms with E-state index in [4.69, 9.17) is 5.11 Å². The minimum absolute atomic E-state index is 0.168. The van der Waals surface area contributed by atoms with Crippen molar-refractivity contribution in [3.8, 4) is 0 Å². The Morgan fingerprint density at radius 2 is 2.40 bits per heavy atom. The van der Waals surface area contributed by atoms with Crippen LogP contribution in [-0.4, -0.2) is 25.7 Å². The zero-order valence-corrected chi connectivity index (χ0v) is 8.02. The number of nitrogens with one attached hydrogen (secondary N) is 1. The zero-order valence-electron chi connectivity index (χ0n) is 8.02. The van der Waals surface area contributed by atoms with Gasteiger partial charge in [0.05, 0.1) is 6.42 Å². The number of nitrogens with zero attached hydrogens (tertiary/aromatic N) is 2. The molecule has 0 atom stereocenters. The second-order valence-electron chi connectivity index (χ2n) is 3.27. The smallest absolute Gasteiger partial charge is 0.308 e. The number of hydrogen-bond donors (Lipinski definition) is 2. The largest absolute Gasteiger partial charge is 0.481 e. The topological polar surface area (TPSA) is 87.5 Å². The van der Waals surface area contributed by atoms with E-state index in [0.29, 0.717) is 5.65 Å². The Bertz CT molecular complexity index is 582. The fraction of sp³-hybridized carbons (Fsp3) is 0.222. The Balaban J connectivity index is 2.66. The molecule has 2 aromatic heterocycles. The molecule has 0 bridgehead atoms. The van der Waals surface area contributed by atoms with Gasteiger partial charge in [-0.15, -0.1) is 0 Å². The van der Waals surface area contributed by atoms with Gasteiger partial charge in [0.25, 0.3) is 5.56 Å². The predicted molar refractivity (Wildman–Crippen MR) is 51.9 cm³/mol. The third kappa shape index (κ3) is 1.50. The summed E-state index contributed by atoms with van der Waals surface area (Å²) >= 11 is 0. The van der Waals surface area contributed by atoms with Gasteiger partial charge < -0.3 is 5.11 Å². The molecule has 6 nitrogen and oxygen atoms in total. The molecule has 0 aliphatic carbocycles. The van der Waals surface area contributed by atoms with Crippen molar-refractivity contribution in [1.29, 1.82) is 0 Å². The van der Waals surface area contributed by atoms with Gasteiger partial charge in [-0.2, -0.15) is 0 Å². The van der Waals surface area contributed by atoms with Gasteiger partial charge in [0.2, 0.25) is 0 Å². The van der Waals surface area contributed by atoms with Gasteiger partial charge >= 0.3 is 5.97 Å². The summed E-state index contributed by atoms with van der Waals surface area (Å²) in [6.07, 6.45) is 2.65. The molecule has 0 aromatic carbocycles. The number of aromatic nitrogens is 3. The van der Waals surface area contributed by atoms with E-state index < -0.39 is 5.97 Å². The van der Waals surface area contributed by atoms with Crippen molar-refractivity contribution >= 4 is 11.6 Å². The Morgan fingerprint density at radius 1 is 1.67 bits per heavy atom. The minimum Gasteiger partial charge on any atom is -0.481 e. The summed E-state index contributed by atoms with van der Waals surface area (Å²) in [5.41, 5.74) is 1.17. The van der Waals surface area contributed by atoms with E-state index in [9.17, 15) is 9.59 Å². The molecule has 0 radical (unpaired) electrons. The summed E-state index contributed by atoms with van der Waals surface area (Å²) in [6.45, 7) is 1.81. The molecular weight excluding hydrogens is 198 g/mol. The maximum Gasteiger partial charge on any atom is 0.308 e. The summed E-state index contributed by atoms with van der Waals surface area (Å²) < 4.78 is 1.24.